The standard InChI is InChI=1S/C20H27N5O2/c1-14(2)27-18-7-5-17(6-8-18)23-19-13-20(22-15(3)21-19)25-11-9-24(10-12-25)16(4)26/h5-8,13-14H,9-12H2,1-4H3,(H,21,22,23). The molecule has 0 unspecified atom stereocenters. The second kappa shape index (κ2) is 8.24. The first-order valence-electron chi connectivity index (χ1n) is 9.30. The smallest absolute Gasteiger partial charge is 0.219 e. The van der Waals surface area contributed by atoms with Crippen LogP contribution in [0.3, 0.4) is 0 Å². The highest BCUT2D eigenvalue weighted by molar-refractivity contribution is 5.73. The average Bonchev–Trinajstić information content (AvgIpc) is 2.62. The monoisotopic (exact) mass is 369 g/mol. The zero-order chi connectivity index (χ0) is 19.4. The molecule has 1 N–H and O–H groups in total. The summed E-state index contributed by atoms with van der Waals surface area (Å²) in [7, 11) is 0. The summed E-state index contributed by atoms with van der Waals surface area (Å²) in [6.45, 7) is 10.5. The SMILES string of the molecule is CC(=O)N1CCN(c2cc(Nc3ccc(OC(C)C)cc3)nc(C)n2)CC1. The van der Waals surface area contributed by atoms with Crippen molar-refractivity contribution in [3.63, 3.8) is 0 Å². The molecule has 1 aliphatic heterocycles. The topological polar surface area (TPSA) is 70.6 Å². The summed E-state index contributed by atoms with van der Waals surface area (Å²) in [6.07, 6.45) is 0.152. The van der Waals surface area contributed by atoms with Crippen LogP contribution in [0.1, 0.15) is 26.6 Å². The van der Waals surface area contributed by atoms with Crippen LogP contribution in [0, 0.1) is 6.92 Å². The molecule has 27 heavy (non-hydrogen) atoms. The van der Waals surface area contributed by atoms with Gasteiger partial charge in [-0.25, -0.2) is 9.97 Å². The third kappa shape index (κ3) is 5.09. The van der Waals surface area contributed by atoms with Crippen LogP contribution in [0.2, 0.25) is 0 Å². The van der Waals surface area contributed by atoms with Crippen molar-refractivity contribution in [1.29, 1.82) is 0 Å². The van der Waals surface area contributed by atoms with Gasteiger partial charge in [0, 0.05) is 44.9 Å². The van der Waals surface area contributed by atoms with Crippen molar-refractivity contribution in [3.05, 3.63) is 36.2 Å². The van der Waals surface area contributed by atoms with Gasteiger partial charge in [-0.3, -0.25) is 4.79 Å². The minimum Gasteiger partial charge on any atom is -0.491 e. The Hall–Kier alpha value is -2.83. The molecule has 2 aromatic rings. The first-order valence-corrected chi connectivity index (χ1v) is 9.30. The third-order valence-corrected chi connectivity index (χ3v) is 4.37. The zero-order valence-corrected chi connectivity index (χ0v) is 16.4. The maximum absolute atomic E-state index is 11.5. The summed E-state index contributed by atoms with van der Waals surface area (Å²) < 4.78 is 5.67. The van der Waals surface area contributed by atoms with Gasteiger partial charge >= 0.3 is 0 Å². The first-order chi connectivity index (χ1) is 12.9. The number of aromatic nitrogens is 2. The number of carbonyl (C=O) groups is 1. The molecule has 1 fully saturated rings. The zero-order valence-electron chi connectivity index (χ0n) is 16.4. The van der Waals surface area contributed by atoms with Crippen LogP contribution in [0.15, 0.2) is 30.3 Å². The van der Waals surface area contributed by atoms with Gasteiger partial charge < -0.3 is 19.9 Å². The number of amides is 1. The van der Waals surface area contributed by atoms with Gasteiger partial charge in [0.2, 0.25) is 5.91 Å². The van der Waals surface area contributed by atoms with E-state index in [1.807, 2.05) is 56.0 Å². The molecule has 1 aromatic heterocycles. The number of benzene rings is 1. The molecule has 0 aliphatic carbocycles. The van der Waals surface area contributed by atoms with Gasteiger partial charge in [0.1, 0.15) is 23.2 Å². The normalized spacial score (nSPS) is 14.4. The molecule has 0 spiro atoms. The molecule has 1 amide bonds. The fourth-order valence-electron chi connectivity index (χ4n) is 3.07. The van der Waals surface area contributed by atoms with Crippen molar-refractivity contribution in [2.75, 3.05) is 36.4 Å². The highest BCUT2D eigenvalue weighted by atomic mass is 16.5. The van der Waals surface area contributed by atoms with Crippen molar-refractivity contribution >= 4 is 23.2 Å². The van der Waals surface area contributed by atoms with E-state index in [0.29, 0.717) is 5.82 Å². The van der Waals surface area contributed by atoms with Crippen LogP contribution >= 0.6 is 0 Å². The van der Waals surface area contributed by atoms with E-state index in [1.165, 1.54) is 0 Å². The molecule has 144 valence electrons. The molecule has 7 nitrogen and oxygen atoms in total. The number of hydrogen-bond donors (Lipinski definition) is 1. The molecule has 0 saturated carbocycles. The summed E-state index contributed by atoms with van der Waals surface area (Å²) in [6, 6.07) is 9.78. The number of ether oxygens (including phenoxy) is 1. The highest BCUT2D eigenvalue weighted by Crippen LogP contribution is 2.23. The number of nitrogens with zero attached hydrogens (tertiary/aromatic N) is 4. The Kier molecular flexibility index (Phi) is 5.78. The molecule has 0 radical (unpaired) electrons. The number of aryl methyl sites for hydroxylation is 1. The van der Waals surface area contributed by atoms with E-state index in [4.69, 9.17) is 4.74 Å². The predicted octanol–water partition coefficient (Wildman–Crippen LogP) is 2.98. The lowest BCUT2D eigenvalue weighted by Gasteiger charge is -2.35. The summed E-state index contributed by atoms with van der Waals surface area (Å²) >= 11 is 0. The molecule has 3 rings (SSSR count). The van der Waals surface area contributed by atoms with Gasteiger partial charge in [-0.05, 0) is 45.0 Å². The Bertz CT molecular complexity index is 783. The van der Waals surface area contributed by atoms with Crippen molar-refractivity contribution < 1.29 is 9.53 Å². The Morgan fingerprint density at radius 3 is 2.37 bits per heavy atom. The van der Waals surface area contributed by atoms with E-state index in [-0.39, 0.29) is 12.0 Å². The fourth-order valence-corrected chi connectivity index (χ4v) is 3.07. The number of carbonyl (C=O) groups excluding carboxylic acids is 1. The highest BCUT2D eigenvalue weighted by Gasteiger charge is 2.20. The number of nitrogens with one attached hydrogen (secondary N) is 1. The molecule has 1 saturated heterocycles. The van der Waals surface area contributed by atoms with E-state index < -0.39 is 0 Å². The second-order valence-electron chi connectivity index (χ2n) is 6.97. The van der Waals surface area contributed by atoms with E-state index in [1.54, 1.807) is 6.92 Å². The summed E-state index contributed by atoms with van der Waals surface area (Å²) in [4.78, 5) is 24.6. The van der Waals surface area contributed by atoms with Crippen molar-refractivity contribution in [2.24, 2.45) is 0 Å². The van der Waals surface area contributed by atoms with Crippen LogP contribution in [0.4, 0.5) is 17.3 Å². The number of rotatable bonds is 5. The van der Waals surface area contributed by atoms with Crippen molar-refractivity contribution in [2.45, 2.75) is 33.8 Å². The maximum Gasteiger partial charge on any atom is 0.219 e. The quantitative estimate of drug-likeness (QED) is 0.874. The van der Waals surface area contributed by atoms with Crippen LogP contribution in [-0.2, 0) is 4.79 Å². The van der Waals surface area contributed by atoms with Crippen LogP contribution in [-0.4, -0.2) is 53.1 Å². The first kappa shape index (κ1) is 18.9. The second-order valence-corrected chi connectivity index (χ2v) is 6.97. The van der Waals surface area contributed by atoms with Gasteiger partial charge in [0.15, 0.2) is 0 Å². The van der Waals surface area contributed by atoms with E-state index in [2.05, 4.69) is 20.2 Å². The lowest BCUT2D eigenvalue weighted by molar-refractivity contribution is -0.129. The Balaban J connectivity index is 1.69. The van der Waals surface area contributed by atoms with E-state index >= 15 is 0 Å². The fraction of sp³-hybridized carbons (Fsp3) is 0.450. The molecule has 7 heteroatoms. The minimum absolute atomic E-state index is 0.126. The van der Waals surface area contributed by atoms with Gasteiger partial charge in [-0.2, -0.15) is 0 Å². The summed E-state index contributed by atoms with van der Waals surface area (Å²) in [5, 5.41) is 3.33. The van der Waals surface area contributed by atoms with Gasteiger partial charge in [-0.1, -0.05) is 0 Å². The van der Waals surface area contributed by atoms with Crippen LogP contribution in [0.25, 0.3) is 0 Å². The molecular formula is C20H27N5O2. The molecule has 2 heterocycles. The van der Waals surface area contributed by atoms with E-state index in [0.717, 1.165) is 49.3 Å². The van der Waals surface area contributed by atoms with Crippen LogP contribution in [0.5, 0.6) is 5.75 Å². The third-order valence-electron chi connectivity index (χ3n) is 4.37. The Morgan fingerprint density at radius 1 is 1.11 bits per heavy atom. The lowest BCUT2D eigenvalue weighted by atomic mass is 10.3. The van der Waals surface area contributed by atoms with Crippen LogP contribution < -0.4 is 15.0 Å². The molecule has 0 bridgehead atoms. The summed E-state index contributed by atoms with van der Waals surface area (Å²) in [5.41, 5.74) is 0.941. The van der Waals surface area contributed by atoms with E-state index in [9.17, 15) is 4.79 Å². The van der Waals surface area contributed by atoms with Crippen molar-refractivity contribution in [1.82, 2.24) is 14.9 Å². The number of anilines is 3. The van der Waals surface area contributed by atoms with Gasteiger partial charge in [0.25, 0.3) is 0 Å². The molecule has 0 atom stereocenters. The van der Waals surface area contributed by atoms with Crippen molar-refractivity contribution in [3.8, 4) is 5.75 Å². The Morgan fingerprint density at radius 2 is 1.78 bits per heavy atom. The Labute approximate surface area is 160 Å². The predicted molar refractivity (Wildman–Crippen MR) is 107 cm³/mol. The maximum atomic E-state index is 11.5. The molecule has 1 aliphatic rings. The average molecular weight is 369 g/mol. The number of piperazine rings is 1. The van der Waals surface area contributed by atoms with Gasteiger partial charge in [0.05, 0.1) is 6.10 Å². The molecular weight excluding hydrogens is 342 g/mol. The largest absolute Gasteiger partial charge is 0.491 e. The molecule has 1 aromatic carbocycles. The lowest BCUT2D eigenvalue weighted by Crippen LogP contribution is -2.48. The van der Waals surface area contributed by atoms with Gasteiger partial charge in [-0.15, -0.1) is 0 Å². The number of hydrogen-bond acceptors (Lipinski definition) is 6. The summed E-state index contributed by atoms with van der Waals surface area (Å²) in [5.74, 6) is 3.32. The minimum atomic E-state index is 0.126.